The molecule has 82 valence electrons. The van der Waals surface area contributed by atoms with Crippen molar-refractivity contribution >= 4 is 5.82 Å². The van der Waals surface area contributed by atoms with Gasteiger partial charge in [-0.2, -0.15) is 0 Å². The highest BCUT2D eigenvalue weighted by molar-refractivity contribution is 5.48. The Morgan fingerprint density at radius 1 is 1.27 bits per heavy atom. The highest BCUT2D eigenvalue weighted by Gasteiger charge is 2.18. The molecule has 1 aromatic rings. The molecule has 15 heavy (non-hydrogen) atoms. The maximum atomic E-state index is 4.65. The summed E-state index contributed by atoms with van der Waals surface area (Å²) in [5.74, 6) is 2.66. The van der Waals surface area contributed by atoms with Gasteiger partial charge in [-0.15, -0.1) is 0 Å². The van der Waals surface area contributed by atoms with E-state index in [0.29, 0.717) is 5.92 Å². The van der Waals surface area contributed by atoms with E-state index < -0.39 is 0 Å². The van der Waals surface area contributed by atoms with Gasteiger partial charge >= 0.3 is 0 Å². The van der Waals surface area contributed by atoms with Crippen molar-refractivity contribution < 1.29 is 0 Å². The maximum absolute atomic E-state index is 4.65. The summed E-state index contributed by atoms with van der Waals surface area (Å²) in [5, 5.41) is 3.19. The van der Waals surface area contributed by atoms with E-state index in [0.717, 1.165) is 30.9 Å². The molecule has 0 aliphatic heterocycles. The Kier molecular flexibility index (Phi) is 2.89. The predicted molar refractivity (Wildman–Crippen MR) is 62.1 cm³/mol. The highest BCUT2D eigenvalue weighted by Crippen LogP contribution is 2.26. The Hall–Kier alpha value is -1.12. The van der Waals surface area contributed by atoms with Crippen molar-refractivity contribution in [1.82, 2.24) is 9.97 Å². The van der Waals surface area contributed by atoms with Crippen LogP contribution in [0.5, 0.6) is 0 Å². The maximum Gasteiger partial charge on any atom is 0.132 e. The van der Waals surface area contributed by atoms with Crippen LogP contribution in [0.15, 0.2) is 0 Å². The van der Waals surface area contributed by atoms with E-state index in [9.17, 15) is 0 Å². The number of nitrogens with one attached hydrogen (secondary N) is 1. The topological polar surface area (TPSA) is 37.8 Å². The lowest BCUT2D eigenvalue weighted by Gasteiger charge is -2.10. The smallest absolute Gasteiger partial charge is 0.132 e. The van der Waals surface area contributed by atoms with E-state index >= 15 is 0 Å². The standard InChI is InChI=1S/C12H19N3/c1-8(2)7-11-14-10-6-4-5-9(10)12(13-3)15-11/h8H,4-7H2,1-3H3,(H,13,14,15). The monoisotopic (exact) mass is 205 g/mol. The number of fused-ring (bicyclic) bond motifs is 1. The van der Waals surface area contributed by atoms with Gasteiger partial charge in [0.15, 0.2) is 0 Å². The summed E-state index contributed by atoms with van der Waals surface area (Å²) in [4.78, 5) is 9.23. The van der Waals surface area contributed by atoms with Crippen molar-refractivity contribution in [3.63, 3.8) is 0 Å². The van der Waals surface area contributed by atoms with Crippen molar-refractivity contribution in [1.29, 1.82) is 0 Å². The van der Waals surface area contributed by atoms with Crippen LogP contribution in [0.1, 0.15) is 37.4 Å². The normalized spacial score (nSPS) is 14.4. The van der Waals surface area contributed by atoms with Crippen LogP contribution < -0.4 is 5.32 Å². The van der Waals surface area contributed by atoms with Gasteiger partial charge in [-0.25, -0.2) is 9.97 Å². The molecule has 0 aromatic carbocycles. The van der Waals surface area contributed by atoms with Crippen LogP contribution in [0.2, 0.25) is 0 Å². The molecule has 1 N–H and O–H groups in total. The molecule has 0 spiro atoms. The van der Waals surface area contributed by atoms with E-state index in [-0.39, 0.29) is 0 Å². The molecule has 1 aromatic heterocycles. The molecule has 0 bridgehead atoms. The van der Waals surface area contributed by atoms with E-state index in [2.05, 4.69) is 29.1 Å². The van der Waals surface area contributed by atoms with Crippen LogP contribution in [0, 0.1) is 5.92 Å². The number of anilines is 1. The molecule has 2 rings (SSSR count). The summed E-state index contributed by atoms with van der Waals surface area (Å²) in [6, 6.07) is 0. The van der Waals surface area contributed by atoms with Crippen molar-refractivity contribution in [2.24, 2.45) is 5.92 Å². The number of rotatable bonds is 3. The summed E-state index contributed by atoms with van der Waals surface area (Å²) in [7, 11) is 1.94. The molecule has 0 unspecified atom stereocenters. The van der Waals surface area contributed by atoms with Crippen LogP contribution in [0.3, 0.4) is 0 Å². The fourth-order valence-electron chi connectivity index (χ4n) is 2.15. The fourth-order valence-corrected chi connectivity index (χ4v) is 2.15. The lowest BCUT2D eigenvalue weighted by Crippen LogP contribution is -2.08. The lowest BCUT2D eigenvalue weighted by atomic mass is 10.1. The third kappa shape index (κ3) is 2.11. The first kappa shape index (κ1) is 10.4. The van der Waals surface area contributed by atoms with Gasteiger partial charge < -0.3 is 5.32 Å². The molecular formula is C12H19N3. The van der Waals surface area contributed by atoms with Gasteiger partial charge in [0.1, 0.15) is 11.6 Å². The van der Waals surface area contributed by atoms with E-state index in [4.69, 9.17) is 0 Å². The molecule has 0 saturated heterocycles. The van der Waals surface area contributed by atoms with Gasteiger partial charge in [-0.3, -0.25) is 0 Å². The largest absolute Gasteiger partial charge is 0.373 e. The van der Waals surface area contributed by atoms with Crippen LogP contribution in [-0.2, 0) is 19.3 Å². The number of nitrogens with zero attached hydrogens (tertiary/aromatic N) is 2. The SMILES string of the molecule is CNc1nc(CC(C)C)nc2c1CCC2. The number of hydrogen-bond acceptors (Lipinski definition) is 3. The van der Waals surface area contributed by atoms with Gasteiger partial charge in [0.2, 0.25) is 0 Å². The lowest BCUT2D eigenvalue weighted by molar-refractivity contribution is 0.618. The zero-order valence-electron chi connectivity index (χ0n) is 9.80. The van der Waals surface area contributed by atoms with Crippen LogP contribution in [0.4, 0.5) is 5.82 Å². The summed E-state index contributed by atoms with van der Waals surface area (Å²) in [6.45, 7) is 4.41. The van der Waals surface area contributed by atoms with Crippen molar-refractivity contribution in [2.75, 3.05) is 12.4 Å². The minimum atomic E-state index is 0.620. The van der Waals surface area contributed by atoms with Crippen molar-refractivity contribution in [3.05, 3.63) is 17.1 Å². The fraction of sp³-hybridized carbons (Fsp3) is 0.667. The molecular weight excluding hydrogens is 186 g/mol. The van der Waals surface area contributed by atoms with Gasteiger partial charge in [-0.1, -0.05) is 13.8 Å². The first-order valence-electron chi connectivity index (χ1n) is 5.77. The van der Waals surface area contributed by atoms with Crippen LogP contribution in [-0.4, -0.2) is 17.0 Å². The Labute approximate surface area is 91.3 Å². The number of hydrogen-bond donors (Lipinski definition) is 1. The predicted octanol–water partition coefficient (Wildman–Crippen LogP) is 2.21. The minimum absolute atomic E-state index is 0.620. The highest BCUT2D eigenvalue weighted by atomic mass is 15.0. The van der Waals surface area contributed by atoms with Crippen LogP contribution in [0.25, 0.3) is 0 Å². The van der Waals surface area contributed by atoms with Gasteiger partial charge in [0, 0.05) is 24.7 Å². The van der Waals surface area contributed by atoms with Crippen LogP contribution >= 0.6 is 0 Å². The quantitative estimate of drug-likeness (QED) is 0.822. The van der Waals surface area contributed by atoms with Gasteiger partial charge in [0.05, 0.1) is 0 Å². The second-order valence-corrected chi connectivity index (χ2v) is 4.62. The average Bonchev–Trinajstić information content (AvgIpc) is 2.63. The molecule has 0 fully saturated rings. The Morgan fingerprint density at radius 3 is 2.73 bits per heavy atom. The summed E-state index contributed by atoms with van der Waals surface area (Å²) in [5.41, 5.74) is 2.61. The zero-order valence-corrected chi connectivity index (χ0v) is 9.80. The average molecular weight is 205 g/mol. The molecule has 3 heteroatoms. The molecule has 1 heterocycles. The number of aryl methyl sites for hydroxylation is 1. The number of aromatic nitrogens is 2. The third-order valence-electron chi connectivity index (χ3n) is 2.81. The summed E-state index contributed by atoms with van der Waals surface area (Å²) in [6.07, 6.45) is 4.46. The Morgan fingerprint density at radius 2 is 2.07 bits per heavy atom. The molecule has 3 nitrogen and oxygen atoms in total. The first-order valence-corrected chi connectivity index (χ1v) is 5.77. The summed E-state index contributed by atoms with van der Waals surface area (Å²) >= 11 is 0. The van der Waals surface area contributed by atoms with E-state index in [1.165, 1.54) is 17.7 Å². The van der Waals surface area contributed by atoms with E-state index in [1.54, 1.807) is 0 Å². The Bertz CT molecular complexity index is 358. The zero-order chi connectivity index (χ0) is 10.8. The Balaban J connectivity index is 2.34. The second-order valence-electron chi connectivity index (χ2n) is 4.62. The van der Waals surface area contributed by atoms with Crippen molar-refractivity contribution in [3.8, 4) is 0 Å². The molecule has 1 aliphatic carbocycles. The van der Waals surface area contributed by atoms with Crippen molar-refractivity contribution in [2.45, 2.75) is 39.5 Å². The molecule has 1 aliphatic rings. The molecule has 0 atom stereocenters. The minimum Gasteiger partial charge on any atom is -0.373 e. The molecule has 0 amide bonds. The van der Waals surface area contributed by atoms with Gasteiger partial charge in [-0.05, 0) is 25.2 Å². The first-order chi connectivity index (χ1) is 7.20. The molecule has 0 radical (unpaired) electrons. The van der Waals surface area contributed by atoms with Gasteiger partial charge in [0.25, 0.3) is 0 Å². The second kappa shape index (κ2) is 4.17. The molecule has 0 saturated carbocycles. The van der Waals surface area contributed by atoms with E-state index in [1.807, 2.05) is 7.05 Å². The summed E-state index contributed by atoms with van der Waals surface area (Å²) < 4.78 is 0. The third-order valence-corrected chi connectivity index (χ3v) is 2.81.